The topological polar surface area (TPSA) is 79.4 Å². The molecule has 0 amide bonds. The number of ether oxygens (including phenoxy) is 2. The zero-order chi connectivity index (χ0) is 17.7. The van der Waals surface area contributed by atoms with Gasteiger partial charge in [0, 0.05) is 26.1 Å². The third-order valence-electron chi connectivity index (χ3n) is 3.55. The summed E-state index contributed by atoms with van der Waals surface area (Å²) in [5.41, 5.74) is 1.38. The highest BCUT2D eigenvalue weighted by Crippen LogP contribution is 2.25. The molecule has 0 N–H and O–H groups in total. The van der Waals surface area contributed by atoms with Gasteiger partial charge in [0.05, 0.1) is 23.2 Å². The van der Waals surface area contributed by atoms with Gasteiger partial charge in [-0.1, -0.05) is 19.6 Å². The summed E-state index contributed by atoms with van der Waals surface area (Å²) in [6, 6.07) is 6.62. The quantitative estimate of drug-likeness (QED) is 0.315. The van der Waals surface area contributed by atoms with Gasteiger partial charge in [0.1, 0.15) is 12.5 Å². The fraction of sp³-hybridized carbons (Fsp3) is 0.438. The smallest absolute Gasteiger partial charge is 0.236 e. The van der Waals surface area contributed by atoms with Gasteiger partial charge in [-0.3, -0.25) is 10.1 Å². The van der Waals surface area contributed by atoms with Crippen LogP contribution < -0.4 is 4.74 Å². The summed E-state index contributed by atoms with van der Waals surface area (Å²) in [6.45, 7) is 7.90. The lowest BCUT2D eigenvalue weighted by molar-refractivity contribution is -0.400. The number of methoxy groups -OCH3 is 1. The molecule has 0 spiro atoms. The molecule has 1 heterocycles. The normalized spacial score (nSPS) is 12.2. The number of hydrogen-bond donors (Lipinski definition) is 0. The predicted octanol–water partition coefficient (Wildman–Crippen LogP) is 3.60. The van der Waals surface area contributed by atoms with Gasteiger partial charge in [0.25, 0.3) is 0 Å². The fourth-order valence-electron chi connectivity index (χ4n) is 2.19. The minimum Gasteiger partial charge on any atom is -0.497 e. The molecule has 0 radical (unpaired) electrons. The van der Waals surface area contributed by atoms with Crippen LogP contribution in [-0.4, -0.2) is 36.5 Å². The van der Waals surface area contributed by atoms with Crippen molar-refractivity contribution < 1.29 is 14.4 Å². The monoisotopic (exact) mass is 349 g/mol. The first kappa shape index (κ1) is 18.1. The fourth-order valence-corrected chi connectivity index (χ4v) is 2.95. The first-order chi connectivity index (χ1) is 11.3. The summed E-state index contributed by atoms with van der Waals surface area (Å²) >= 11 is 0. The van der Waals surface area contributed by atoms with Crippen LogP contribution in [0.15, 0.2) is 24.4 Å². The van der Waals surface area contributed by atoms with Crippen molar-refractivity contribution in [2.45, 2.75) is 32.4 Å². The van der Waals surface area contributed by atoms with E-state index >= 15 is 0 Å². The van der Waals surface area contributed by atoms with E-state index in [9.17, 15) is 10.1 Å². The number of rotatable bonds is 8. The second-order valence-electron chi connectivity index (χ2n) is 6.72. The van der Waals surface area contributed by atoms with Gasteiger partial charge >= 0.3 is 0 Å². The maximum atomic E-state index is 10.6. The highest BCUT2D eigenvalue weighted by atomic mass is 28.3. The summed E-state index contributed by atoms with van der Waals surface area (Å²) in [5.74, 6) is 0.678. The third kappa shape index (κ3) is 4.90. The van der Waals surface area contributed by atoms with Gasteiger partial charge in [-0.05, 0) is 24.2 Å². The Kier molecular flexibility index (Phi) is 5.74. The molecule has 2 rings (SSSR count). The Morgan fingerprint density at radius 1 is 1.38 bits per heavy atom. The van der Waals surface area contributed by atoms with Gasteiger partial charge in [-0.15, -0.1) is 0 Å². The number of benzene rings is 1. The Balaban J connectivity index is 2.24. The molecular formula is C16H23N3O4Si. The van der Waals surface area contributed by atoms with E-state index < -0.39 is 13.0 Å². The van der Waals surface area contributed by atoms with Crippen molar-refractivity contribution in [2.24, 2.45) is 0 Å². The molecule has 0 fully saturated rings. The highest BCUT2D eigenvalue weighted by Gasteiger charge is 2.14. The van der Waals surface area contributed by atoms with Crippen molar-refractivity contribution in [3.05, 3.63) is 40.2 Å². The highest BCUT2D eigenvalue weighted by molar-refractivity contribution is 6.76. The average molecular weight is 349 g/mol. The van der Waals surface area contributed by atoms with E-state index in [-0.39, 0.29) is 0 Å². The lowest BCUT2D eigenvalue weighted by atomic mass is 10.2. The molecule has 1 aromatic carbocycles. The summed E-state index contributed by atoms with van der Waals surface area (Å²) in [7, 11) is 0.442. The Morgan fingerprint density at radius 3 is 2.75 bits per heavy atom. The van der Waals surface area contributed by atoms with Crippen molar-refractivity contribution >= 4 is 25.1 Å². The number of aromatic nitrogens is 2. The third-order valence-corrected chi connectivity index (χ3v) is 5.25. The van der Waals surface area contributed by atoms with Gasteiger partial charge < -0.3 is 9.47 Å². The molecule has 0 aliphatic carbocycles. The lowest BCUT2D eigenvalue weighted by Crippen LogP contribution is -2.22. The van der Waals surface area contributed by atoms with Crippen LogP contribution in [0.2, 0.25) is 25.7 Å². The van der Waals surface area contributed by atoms with Crippen molar-refractivity contribution in [2.75, 3.05) is 13.7 Å². The minimum absolute atomic E-state index is 0.319. The summed E-state index contributed by atoms with van der Waals surface area (Å²) < 4.78 is 12.7. The zero-order valence-electron chi connectivity index (χ0n) is 14.5. The maximum Gasteiger partial charge on any atom is 0.236 e. The summed E-state index contributed by atoms with van der Waals surface area (Å²) in [5, 5.41) is 15.8. The molecule has 7 nitrogen and oxygen atoms in total. The molecule has 0 aliphatic rings. The zero-order valence-corrected chi connectivity index (χ0v) is 15.5. The van der Waals surface area contributed by atoms with Crippen molar-refractivity contribution in [3.63, 3.8) is 0 Å². The molecule has 2 aromatic rings. The first-order valence-corrected chi connectivity index (χ1v) is 11.4. The Hall–Kier alpha value is -2.19. The summed E-state index contributed by atoms with van der Waals surface area (Å²) in [6.07, 6.45) is 2.28. The molecule has 0 bridgehead atoms. The van der Waals surface area contributed by atoms with E-state index in [1.54, 1.807) is 11.8 Å². The number of nitro groups is 1. The molecule has 0 atom stereocenters. The molecule has 0 aliphatic heterocycles. The molecule has 1 aromatic heterocycles. The van der Waals surface area contributed by atoms with Crippen molar-refractivity contribution in [1.82, 2.24) is 9.78 Å². The molecule has 8 heteroatoms. The Labute approximate surface area is 142 Å². The predicted molar refractivity (Wildman–Crippen MR) is 96.4 cm³/mol. The van der Waals surface area contributed by atoms with Gasteiger partial charge in [0.15, 0.2) is 0 Å². The van der Waals surface area contributed by atoms with E-state index in [0.717, 1.165) is 23.1 Å². The molecular weight excluding hydrogens is 326 g/mol. The molecule has 24 heavy (non-hydrogen) atoms. The van der Waals surface area contributed by atoms with Crippen LogP contribution in [0.5, 0.6) is 5.75 Å². The van der Waals surface area contributed by atoms with E-state index in [0.29, 0.717) is 24.8 Å². The Bertz CT molecular complexity index is 750. The van der Waals surface area contributed by atoms with E-state index in [1.807, 2.05) is 18.2 Å². The summed E-state index contributed by atoms with van der Waals surface area (Å²) in [4.78, 5) is 10.1. The lowest BCUT2D eigenvalue weighted by Gasteiger charge is -2.15. The molecule has 0 saturated carbocycles. The van der Waals surface area contributed by atoms with Crippen LogP contribution in [0.25, 0.3) is 17.0 Å². The largest absolute Gasteiger partial charge is 0.497 e. The van der Waals surface area contributed by atoms with E-state index in [4.69, 9.17) is 9.47 Å². The van der Waals surface area contributed by atoms with Crippen molar-refractivity contribution in [3.8, 4) is 5.75 Å². The standard InChI is InChI=1S/C16H23N3O4Si/c1-22-13-5-6-16-14(11-13)15(7-8-19(20)21)17-18(16)12-23-9-10-24(2,3)4/h5-8,11H,9-10,12H2,1-4H3/b8-7+. The van der Waals surface area contributed by atoms with E-state index in [1.165, 1.54) is 6.08 Å². The number of hydrogen-bond acceptors (Lipinski definition) is 5. The Morgan fingerprint density at radius 2 is 2.12 bits per heavy atom. The van der Waals surface area contributed by atoms with Crippen LogP contribution in [-0.2, 0) is 11.5 Å². The number of nitrogens with zero attached hydrogens (tertiary/aromatic N) is 3. The maximum absolute atomic E-state index is 10.6. The van der Waals surface area contributed by atoms with Gasteiger partial charge in [0.2, 0.25) is 6.20 Å². The van der Waals surface area contributed by atoms with Crippen LogP contribution in [0.1, 0.15) is 5.69 Å². The molecule has 0 unspecified atom stereocenters. The van der Waals surface area contributed by atoms with Crippen LogP contribution in [0.3, 0.4) is 0 Å². The van der Waals surface area contributed by atoms with Gasteiger partial charge in [-0.25, -0.2) is 4.68 Å². The second kappa shape index (κ2) is 7.58. The number of fused-ring (bicyclic) bond motifs is 1. The van der Waals surface area contributed by atoms with Crippen LogP contribution >= 0.6 is 0 Å². The van der Waals surface area contributed by atoms with Crippen molar-refractivity contribution in [1.29, 1.82) is 0 Å². The molecule has 130 valence electrons. The van der Waals surface area contributed by atoms with Crippen LogP contribution in [0.4, 0.5) is 0 Å². The minimum atomic E-state index is -1.14. The van der Waals surface area contributed by atoms with Crippen LogP contribution in [0, 0.1) is 10.1 Å². The van der Waals surface area contributed by atoms with E-state index in [2.05, 4.69) is 24.7 Å². The molecule has 0 saturated heterocycles. The average Bonchev–Trinajstić information content (AvgIpc) is 2.85. The first-order valence-electron chi connectivity index (χ1n) is 7.74. The second-order valence-corrected chi connectivity index (χ2v) is 12.3. The SMILES string of the molecule is COc1ccc2c(c1)c(/C=C/[N+](=O)[O-])nn2COCC[Si](C)(C)C. The van der Waals surface area contributed by atoms with Gasteiger partial charge in [-0.2, -0.15) is 5.10 Å².